The first kappa shape index (κ1) is 26.1. The number of hydrogen-bond donors (Lipinski definition) is 0. The predicted molar refractivity (Wildman–Crippen MR) is 135 cm³/mol. The lowest BCUT2D eigenvalue weighted by atomic mass is 9.64. The zero-order chi connectivity index (χ0) is 23.9. The molecular weight excluding hydrogens is 392 g/mol. The van der Waals surface area contributed by atoms with Crippen LogP contribution in [0.5, 0.6) is 0 Å². The Bertz CT molecular complexity index is 642. The lowest BCUT2D eigenvalue weighted by Gasteiger charge is -2.48. The van der Waals surface area contributed by atoms with Crippen LogP contribution in [0.4, 0.5) is 0 Å². The lowest BCUT2D eigenvalue weighted by molar-refractivity contribution is -0.188. The van der Waals surface area contributed by atoms with Crippen LogP contribution in [0.3, 0.4) is 0 Å². The van der Waals surface area contributed by atoms with Gasteiger partial charge in [0.1, 0.15) is 5.60 Å². The average Bonchev–Trinajstić information content (AvgIpc) is 3.30. The maximum Gasteiger partial charge on any atom is 0.313 e. The maximum atomic E-state index is 14.0. The van der Waals surface area contributed by atoms with Crippen LogP contribution < -0.4 is 0 Å². The van der Waals surface area contributed by atoms with Crippen molar-refractivity contribution in [3.63, 3.8) is 0 Å². The Hall–Kier alpha value is -0.530. The van der Waals surface area contributed by atoms with Gasteiger partial charge in [0, 0.05) is 0 Å². The summed E-state index contributed by atoms with van der Waals surface area (Å²) in [5, 5.41) is 0. The van der Waals surface area contributed by atoms with Crippen molar-refractivity contribution in [2.45, 2.75) is 139 Å². The number of hydrogen-bond acceptors (Lipinski definition) is 2. The van der Waals surface area contributed by atoms with Gasteiger partial charge in [-0.05, 0) is 85.9 Å². The molecule has 32 heavy (non-hydrogen) atoms. The third-order valence-corrected chi connectivity index (χ3v) is 10.2. The van der Waals surface area contributed by atoms with E-state index in [1.165, 1.54) is 64.2 Å². The quantitative estimate of drug-likeness (QED) is 0.365. The molecule has 0 bridgehead atoms. The monoisotopic (exact) mass is 446 g/mol. The molecule has 3 atom stereocenters. The van der Waals surface area contributed by atoms with Gasteiger partial charge in [0.25, 0.3) is 0 Å². The van der Waals surface area contributed by atoms with E-state index >= 15 is 0 Å². The molecule has 0 aromatic heterocycles. The van der Waals surface area contributed by atoms with E-state index in [2.05, 4.69) is 62.3 Å². The van der Waals surface area contributed by atoms with Gasteiger partial charge in [-0.1, -0.05) is 87.5 Å². The third-order valence-electron chi connectivity index (χ3n) is 10.2. The molecule has 3 aliphatic rings. The summed E-state index contributed by atoms with van der Waals surface area (Å²) in [7, 11) is 0. The maximum absolute atomic E-state index is 14.0. The summed E-state index contributed by atoms with van der Waals surface area (Å²) in [5.41, 5.74) is -0.105. The van der Waals surface area contributed by atoms with Gasteiger partial charge in [-0.15, -0.1) is 0 Å². The Morgan fingerprint density at radius 1 is 0.875 bits per heavy atom. The highest BCUT2D eigenvalue weighted by molar-refractivity contribution is 5.82. The third kappa shape index (κ3) is 5.10. The molecule has 0 spiro atoms. The van der Waals surface area contributed by atoms with E-state index in [-0.39, 0.29) is 22.4 Å². The second-order valence-corrected chi connectivity index (χ2v) is 14.5. The van der Waals surface area contributed by atoms with Crippen molar-refractivity contribution in [1.82, 2.24) is 0 Å². The predicted octanol–water partition coefficient (Wildman–Crippen LogP) is 8.82. The van der Waals surface area contributed by atoms with E-state index < -0.39 is 0 Å². The Kier molecular flexibility index (Phi) is 7.54. The van der Waals surface area contributed by atoms with Crippen molar-refractivity contribution in [2.75, 3.05) is 0 Å². The average molecular weight is 447 g/mol. The van der Waals surface area contributed by atoms with Crippen LogP contribution in [0.15, 0.2) is 0 Å². The molecule has 0 amide bonds. The number of carbonyl (C=O) groups is 1. The fourth-order valence-electron chi connectivity index (χ4n) is 7.81. The summed E-state index contributed by atoms with van der Waals surface area (Å²) in [6, 6.07) is 0. The smallest absolute Gasteiger partial charge is 0.313 e. The highest BCUT2D eigenvalue weighted by atomic mass is 16.6. The largest absolute Gasteiger partial charge is 0.458 e. The van der Waals surface area contributed by atoms with Crippen molar-refractivity contribution in [2.24, 2.45) is 45.8 Å². The fourth-order valence-corrected chi connectivity index (χ4v) is 7.81. The van der Waals surface area contributed by atoms with Crippen LogP contribution >= 0.6 is 0 Å². The molecular formula is C30H54O2. The summed E-state index contributed by atoms with van der Waals surface area (Å²) < 4.78 is 6.85. The van der Waals surface area contributed by atoms with Crippen molar-refractivity contribution < 1.29 is 9.53 Å². The normalized spacial score (nSPS) is 34.1. The van der Waals surface area contributed by atoms with E-state index in [1.807, 2.05) is 0 Å². The topological polar surface area (TPSA) is 26.3 Å². The minimum Gasteiger partial charge on any atom is -0.458 e. The summed E-state index contributed by atoms with van der Waals surface area (Å²) >= 11 is 0. The Labute approximate surface area is 200 Å². The molecule has 2 nitrogen and oxygen atoms in total. The van der Waals surface area contributed by atoms with E-state index in [4.69, 9.17) is 4.74 Å². The molecule has 0 aromatic rings. The van der Waals surface area contributed by atoms with Crippen LogP contribution in [0, 0.1) is 45.8 Å². The highest BCUT2D eigenvalue weighted by Gasteiger charge is 2.71. The van der Waals surface area contributed by atoms with Crippen LogP contribution in [0.25, 0.3) is 0 Å². The molecule has 2 heteroatoms. The van der Waals surface area contributed by atoms with E-state index in [9.17, 15) is 4.79 Å². The summed E-state index contributed by atoms with van der Waals surface area (Å²) in [6.07, 6.45) is 13.8. The second kappa shape index (κ2) is 9.26. The molecule has 3 aliphatic carbocycles. The Balaban J connectivity index is 1.80. The Morgan fingerprint density at radius 2 is 1.38 bits per heavy atom. The highest BCUT2D eigenvalue weighted by Crippen LogP contribution is 2.69. The molecule has 3 unspecified atom stereocenters. The van der Waals surface area contributed by atoms with Crippen molar-refractivity contribution >= 4 is 5.97 Å². The zero-order valence-corrected chi connectivity index (χ0v) is 23.0. The van der Waals surface area contributed by atoms with Crippen LogP contribution in [-0.4, -0.2) is 11.6 Å². The van der Waals surface area contributed by atoms with Crippen molar-refractivity contribution in [3.05, 3.63) is 0 Å². The van der Waals surface area contributed by atoms with Gasteiger partial charge in [0.15, 0.2) is 0 Å². The van der Waals surface area contributed by atoms with Gasteiger partial charge < -0.3 is 4.74 Å². The number of rotatable bonds is 7. The molecule has 3 saturated carbocycles. The number of esters is 1. The van der Waals surface area contributed by atoms with Crippen LogP contribution in [0.2, 0.25) is 0 Å². The first-order valence-corrected chi connectivity index (χ1v) is 14.0. The minimum atomic E-state index is -0.291. The van der Waals surface area contributed by atoms with E-state index in [1.54, 1.807) is 0 Å². The van der Waals surface area contributed by atoms with Gasteiger partial charge in [0.05, 0.1) is 5.41 Å². The standard InChI is InChI=1S/C30H54O2/c1-21(2)22(3)30(20-28(30,7)8)26(31)32-29(9,24-13-11-10-12-14-24)25-17-15-23(16-18-25)19-27(4,5)6/h21-25H,10-20H2,1-9H3. The SMILES string of the molecule is CC(C)C(C)C1(C(=O)OC(C)(C2CCCCC2)C2CCC(CC(C)(C)C)CC2)CC1(C)C. The molecule has 186 valence electrons. The van der Waals surface area contributed by atoms with Gasteiger partial charge in [-0.2, -0.15) is 0 Å². The minimum absolute atomic E-state index is 0.0611. The van der Waals surface area contributed by atoms with Crippen LogP contribution in [0.1, 0.15) is 133 Å². The molecule has 0 saturated heterocycles. The molecule has 0 N–H and O–H groups in total. The number of carbonyl (C=O) groups excluding carboxylic acids is 1. The summed E-state index contributed by atoms with van der Waals surface area (Å²) in [5.74, 6) is 2.90. The van der Waals surface area contributed by atoms with Gasteiger partial charge >= 0.3 is 5.97 Å². The van der Waals surface area contributed by atoms with Crippen LogP contribution in [-0.2, 0) is 9.53 Å². The van der Waals surface area contributed by atoms with Gasteiger partial charge in [-0.3, -0.25) is 4.79 Å². The fraction of sp³-hybridized carbons (Fsp3) is 0.967. The molecule has 0 heterocycles. The van der Waals surface area contributed by atoms with Crippen molar-refractivity contribution in [1.29, 1.82) is 0 Å². The van der Waals surface area contributed by atoms with Gasteiger partial charge in [0.2, 0.25) is 0 Å². The van der Waals surface area contributed by atoms with E-state index in [0.29, 0.717) is 29.1 Å². The van der Waals surface area contributed by atoms with Crippen molar-refractivity contribution in [3.8, 4) is 0 Å². The zero-order valence-electron chi connectivity index (χ0n) is 23.0. The molecule has 0 radical (unpaired) electrons. The summed E-state index contributed by atoms with van der Waals surface area (Å²) in [6.45, 7) is 20.9. The molecule has 3 fully saturated rings. The van der Waals surface area contributed by atoms with E-state index in [0.717, 1.165) is 12.3 Å². The number of ether oxygens (including phenoxy) is 1. The lowest BCUT2D eigenvalue weighted by Crippen LogP contribution is -2.50. The van der Waals surface area contributed by atoms with Gasteiger partial charge in [-0.25, -0.2) is 0 Å². The Morgan fingerprint density at radius 3 is 1.81 bits per heavy atom. The summed E-state index contributed by atoms with van der Waals surface area (Å²) in [4.78, 5) is 14.0. The first-order valence-electron chi connectivity index (χ1n) is 14.0. The molecule has 3 rings (SSSR count). The first-order chi connectivity index (χ1) is 14.7. The molecule has 0 aliphatic heterocycles. The molecule has 0 aromatic carbocycles. The second-order valence-electron chi connectivity index (χ2n) is 14.5.